The largest absolute Gasteiger partial charge is 0.462 e. The number of anilines is 1. The average molecular weight is 351 g/mol. The van der Waals surface area contributed by atoms with Gasteiger partial charge in [-0.1, -0.05) is 23.1 Å². The summed E-state index contributed by atoms with van der Waals surface area (Å²) in [6.07, 6.45) is 0.378. The van der Waals surface area contributed by atoms with Crippen molar-refractivity contribution in [1.82, 2.24) is 10.2 Å². The van der Waals surface area contributed by atoms with Gasteiger partial charge in [0.1, 0.15) is 5.01 Å². The first-order chi connectivity index (χ1) is 11.1. The van der Waals surface area contributed by atoms with Crippen LogP contribution < -0.4 is 5.32 Å². The number of aryl methyl sites for hydroxylation is 1. The highest BCUT2D eigenvalue weighted by Crippen LogP contribution is 2.22. The second kappa shape index (κ2) is 8.64. The molecule has 0 atom stereocenters. The maximum absolute atomic E-state index is 11.9. The number of thioether (sulfide) groups is 1. The van der Waals surface area contributed by atoms with E-state index < -0.39 is 0 Å². The minimum Gasteiger partial charge on any atom is -0.462 e. The number of nitrogens with zero attached hydrogens (tertiary/aromatic N) is 2. The first-order valence-electron chi connectivity index (χ1n) is 7.08. The molecule has 0 unspecified atom stereocenters. The van der Waals surface area contributed by atoms with Crippen LogP contribution in [0.25, 0.3) is 0 Å². The van der Waals surface area contributed by atoms with Crippen LogP contribution in [0.15, 0.2) is 28.6 Å². The smallest absolute Gasteiger partial charge is 0.338 e. The van der Waals surface area contributed by atoms with Gasteiger partial charge in [0.2, 0.25) is 5.91 Å². The summed E-state index contributed by atoms with van der Waals surface area (Å²) in [6, 6.07) is 6.63. The molecule has 0 bridgehead atoms. The van der Waals surface area contributed by atoms with E-state index in [0.717, 1.165) is 9.35 Å². The molecule has 23 heavy (non-hydrogen) atoms. The van der Waals surface area contributed by atoms with E-state index in [1.165, 1.54) is 23.1 Å². The first-order valence-corrected chi connectivity index (χ1v) is 8.88. The van der Waals surface area contributed by atoms with E-state index >= 15 is 0 Å². The van der Waals surface area contributed by atoms with Crippen LogP contribution in [0, 0.1) is 6.92 Å². The molecule has 2 aromatic rings. The van der Waals surface area contributed by atoms with Gasteiger partial charge in [-0.3, -0.25) is 4.79 Å². The summed E-state index contributed by atoms with van der Waals surface area (Å²) in [5.74, 6) is 0.193. The van der Waals surface area contributed by atoms with Crippen molar-refractivity contribution in [1.29, 1.82) is 0 Å². The van der Waals surface area contributed by atoms with Crippen molar-refractivity contribution in [2.45, 2.75) is 24.6 Å². The van der Waals surface area contributed by atoms with Crippen LogP contribution in [0.1, 0.15) is 28.7 Å². The van der Waals surface area contributed by atoms with Crippen LogP contribution in [-0.2, 0) is 9.53 Å². The standard InChI is InChI=1S/C15H17N3O3S2/c1-3-21-14(20)11-4-6-12(7-5-11)16-13(19)8-9-22-15-18-17-10(2)23-15/h4-7H,3,8-9H2,1-2H3,(H,16,19). The summed E-state index contributed by atoms with van der Waals surface area (Å²) in [5, 5.41) is 11.6. The first kappa shape index (κ1) is 17.4. The summed E-state index contributed by atoms with van der Waals surface area (Å²) in [7, 11) is 0. The number of amides is 1. The Morgan fingerprint density at radius 2 is 2.00 bits per heavy atom. The Morgan fingerprint density at radius 1 is 1.26 bits per heavy atom. The zero-order valence-corrected chi connectivity index (χ0v) is 14.5. The SMILES string of the molecule is CCOC(=O)c1ccc(NC(=O)CCSc2nnc(C)s2)cc1. The Kier molecular flexibility index (Phi) is 6.54. The highest BCUT2D eigenvalue weighted by atomic mass is 32.2. The van der Waals surface area contributed by atoms with Crippen LogP contribution in [0.5, 0.6) is 0 Å². The molecule has 0 aliphatic carbocycles. The van der Waals surface area contributed by atoms with Gasteiger partial charge in [0.15, 0.2) is 4.34 Å². The number of benzene rings is 1. The van der Waals surface area contributed by atoms with E-state index in [2.05, 4.69) is 15.5 Å². The van der Waals surface area contributed by atoms with Crippen LogP contribution in [0.4, 0.5) is 5.69 Å². The molecule has 8 heteroatoms. The third-order valence-corrected chi connectivity index (χ3v) is 4.72. The lowest BCUT2D eigenvalue weighted by Gasteiger charge is -2.06. The van der Waals surface area contributed by atoms with Gasteiger partial charge in [0.25, 0.3) is 0 Å². The van der Waals surface area contributed by atoms with Gasteiger partial charge in [-0.2, -0.15) is 0 Å². The molecule has 1 heterocycles. The maximum Gasteiger partial charge on any atom is 0.338 e. The lowest BCUT2D eigenvalue weighted by molar-refractivity contribution is -0.115. The number of hydrogen-bond donors (Lipinski definition) is 1. The summed E-state index contributed by atoms with van der Waals surface area (Å²) in [4.78, 5) is 23.4. The normalized spacial score (nSPS) is 10.3. The Hall–Kier alpha value is -1.93. The molecular formula is C15H17N3O3S2. The van der Waals surface area contributed by atoms with Gasteiger partial charge < -0.3 is 10.1 Å². The molecular weight excluding hydrogens is 334 g/mol. The van der Waals surface area contributed by atoms with Crippen LogP contribution in [-0.4, -0.2) is 34.4 Å². The maximum atomic E-state index is 11.9. The summed E-state index contributed by atoms with van der Waals surface area (Å²) in [5.41, 5.74) is 1.12. The molecule has 6 nitrogen and oxygen atoms in total. The van der Waals surface area contributed by atoms with Gasteiger partial charge in [0, 0.05) is 17.9 Å². The molecule has 1 amide bonds. The van der Waals surface area contributed by atoms with Crippen molar-refractivity contribution >= 4 is 40.7 Å². The Morgan fingerprint density at radius 3 is 2.61 bits per heavy atom. The fourth-order valence-corrected chi connectivity index (χ4v) is 3.52. The molecule has 0 fully saturated rings. The number of nitrogens with one attached hydrogen (secondary N) is 1. The van der Waals surface area contributed by atoms with Gasteiger partial charge >= 0.3 is 5.97 Å². The van der Waals surface area contributed by atoms with E-state index in [0.29, 0.717) is 30.0 Å². The lowest BCUT2D eigenvalue weighted by Crippen LogP contribution is -2.12. The summed E-state index contributed by atoms with van der Waals surface area (Å²) < 4.78 is 5.78. The zero-order chi connectivity index (χ0) is 16.7. The topological polar surface area (TPSA) is 81.2 Å². The van der Waals surface area contributed by atoms with E-state index in [9.17, 15) is 9.59 Å². The molecule has 0 aliphatic rings. The van der Waals surface area contributed by atoms with Crippen molar-refractivity contribution in [3.8, 4) is 0 Å². The van der Waals surface area contributed by atoms with E-state index in [4.69, 9.17) is 4.74 Å². The highest BCUT2D eigenvalue weighted by Gasteiger charge is 2.08. The third-order valence-electron chi connectivity index (χ3n) is 2.74. The molecule has 0 saturated heterocycles. The molecule has 2 rings (SSSR count). The number of hydrogen-bond acceptors (Lipinski definition) is 7. The highest BCUT2D eigenvalue weighted by molar-refractivity contribution is 8.01. The van der Waals surface area contributed by atoms with Crippen LogP contribution in [0.2, 0.25) is 0 Å². The van der Waals surface area contributed by atoms with Crippen molar-refractivity contribution < 1.29 is 14.3 Å². The molecule has 1 aromatic heterocycles. The van der Waals surface area contributed by atoms with Gasteiger partial charge in [-0.25, -0.2) is 4.79 Å². The average Bonchev–Trinajstić information content (AvgIpc) is 2.93. The number of aromatic nitrogens is 2. The number of carbonyl (C=O) groups excluding carboxylic acids is 2. The van der Waals surface area contributed by atoms with Crippen molar-refractivity contribution in [3.05, 3.63) is 34.8 Å². The quantitative estimate of drug-likeness (QED) is 0.610. The van der Waals surface area contributed by atoms with Gasteiger partial charge in [-0.15, -0.1) is 10.2 Å². The summed E-state index contributed by atoms with van der Waals surface area (Å²) >= 11 is 3.03. The second-order valence-electron chi connectivity index (χ2n) is 4.53. The number of carbonyl (C=O) groups is 2. The molecule has 0 saturated carbocycles. The molecule has 0 spiro atoms. The Balaban J connectivity index is 1.77. The number of esters is 1. The minimum atomic E-state index is -0.367. The van der Waals surface area contributed by atoms with Crippen LogP contribution >= 0.6 is 23.1 Å². The Labute approximate surface area is 142 Å². The fraction of sp³-hybridized carbons (Fsp3) is 0.333. The minimum absolute atomic E-state index is 0.0809. The number of rotatable bonds is 7. The third kappa shape index (κ3) is 5.65. The van der Waals surface area contributed by atoms with Crippen LogP contribution in [0.3, 0.4) is 0 Å². The van der Waals surface area contributed by atoms with E-state index in [-0.39, 0.29) is 11.9 Å². The van der Waals surface area contributed by atoms with Crippen molar-refractivity contribution in [2.24, 2.45) is 0 Å². The van der Waals surface area contributed by atoms with E-state index in [1.807, 2.05) is 6.92 Å². The monoisotopic (exact) mass is 351 g/mol. The van der Waals surface area contributed by atoms with Crippen molar-refractivity contribution in [2.75, 3.05) is 17.7 Å². The predicted molar refractivity (Wildman–Crippen MR) is 91.0 cm³/mol. The molecule has 1 aromatic carbocycles. The van der Waals surface area contributed by atoms with Gasteiger partial charge in [-0.05, 0) is 38.1 Å². The predicted octanol–water partition coefficient (Wildman–Crippen LogP) is 3.14. The summed E-state index contributed by atoms with van der Waals surface area (Å²) in [6.45, 7) is 3.99. The second-order valence-corrected chi connectivity index (χ2v) is 7.06. The fourth-order valence-electron chi connectivity index (χ4n) is 1.70. The lowest BCUT2D eigenvalue weighted by atomic mass is 10.2. The van der Waals surface area contributed by atoms with Crippen molar-refractivity contribution in [3.63, 3.8) is 0 Å². The zero-order valence-electron chi connectivity index (χ0n) is 12.9. The molecule has 0 aliphatic heterocycles. The van der Waals surface area contributed by atoms with Gasteiger partial charge in [0.05, 0.1) is 12.2 Å². The number of ether oxygens (including phenoxy) is 1. The van der Waals surface area contributed by atoms with E-state index in [1.54, 1.807) is 31.2 Å². The molecule has 0 radical (unpaired) electrons. The Bertz CT molecular complexity index is 671. The molecule has 122 valence electrons. The molecule has 1 N–H and O–H groups in total.